The summed E-state index contributed by atoms with van der Waals surface area (Å²) in [5, 5.41) is 8.83. The lowest BCUT2D eigenvalue weighted by molar-refractivity contribution is -0.143. The minimum Gasteiger partial charge on any atom is -0.465 e. The van der Waals surface area contributed by atoms with E-state index in [0.29, 0.717) is 0 Å². The molecule has 8 heteroatoms. The number of hydrogen-bond donors (Lipinski definition) is 4. The van der Waals surface area contributed by atoms with E-state index >= 15 is 0 Å². The Morgan fingerprint density at radius 2 is 2.12 bits per heavy atom. The zero-order chi connectivity index (χ0) is 12.8. The number of rotatable bonds is 6. The van der Waals surface area contributed by atoms with Crippen LogP contribution >= 0.6 is 7.60 Å². The first-order chi connectivity index (χ1) is 7.30. The zero-order valence-electron chi connectivity index (χ0n) is 8.87. The van der Waals surface area contributed by atoms with Gasteiger partial charge >= 0.3 is 13.6 Å². The fraction of sp³-hybridized carbons (Fsp3) is 0.625. The lowest BCUT2D eigenvalue weighted by atomic mass is 10.2. The minimum atomic E-state index is -4.28. The number of aliphatic hydroxyl groups excluding tert-OH is 1. The Morgan fingerprint density at radius 3 is 2.50 bits per heavy atom. The lowest BCUT2D eigenvalue weighted by Crippen LogP contribution is -2.31. The van der Waals surface area contributed by atoms with Crippen LogP contribution in [0, 0.1) is 0 Å². The summed E-state index contributed by atoms with van der Waals surface area (Å²) < 4.78 is 15.3. The molecule has 0 aromatic heterocycles. The first kappa shape index (κ1) is 15.3. The summed E-state index contributed by atoms with van der Waals surface area (Å²) in [4.78, 5) is 28.4. The molecule has 7 nitrogen and oxygen atoms in total. The van der Waals surface area contributed by atoms with Crippen LogP contribution in [0.15, 0.2) is 11.6 Å². The average Bonchev–Trinajstić information content (AvgIpc) is 2.14. The van der Waals surface area contributed by atoms with Crippen molar-refractivity contribution in [3.05, 3.63) is 11.6 Å². The molecule has 0 rings (SSSR count). The Hall–Kier alpha value is -0.720. The summed E-state index contributed by atoms with van der Waals surface area (Å²) >= 11 is 0. The normalized spacial score (nSPS) is 14.7. The molecule has 0 aliphatic rings. The smallest absolute Gasteiger partial charge is 0.329 e. The van der Waals surface area contributed by atoms with Gasteiger partial charge in [-0.15, -0.1) is 0 Å². The van der Waals surface area contributed by atoms with Gasteiger partial charge in [0.25, 0.3) is 0 Å². The zero-order valence-corrected chi connectivity index (χ0v) is 9.76. The Morgan fingerprint density at radius 1 is 1.56 bits per heavy atom. The largest absolute Gasteiger partial charge is 0.465 e. The van der Waals surface area contributed by atoms with E-state index in [1.807, 2.05) is 0 Å². The molecular weight excluding hydrogens is 237 g/mol. The quantitative estimate of drug-likeness (QED) is 0.270. The fourth-order valence-electron chi connectivity index (χ4n) is 0.980. The SMILES string of the molecule is CCOC(=O)C(N)C=C(CO)CP(=O)(O)O. The standard InChI is InChI=1S/C8H16NO6P/c1-2-15-8(11)7(9)3-6(4-10)5-16(12,13)14/h3,7,10H,2,4-5,9H2,1H3,(H2,12,13,14). The maximum absolute atomic E-state index is 11.1. The number of ether oxygens (including phenoxy) is 1. The van der Waals surface area contributed by atoms with E-state index < -0.39 is 32.4 Å². The van der Waals surface area contributed by atoms with E-state index in [-0.39, 0.29) is 12.2 Å². The highest BCUT2D eigenvalue weighted by Gasteiger charge is 2.18. The van der Waals surface area contributed by atoms with Gasteiger partial charge in [-0.3, -0.25) is 9.36 Å². The molecule has 5 N–H and O–H groups in total. The Kier molecular flexibility index (Phi) is 6.47. The van der Waals surface area contributed by atoms with Crippen LogP contribution in [0.1, 0.15) is 6.92 Å². The molecule has 0 amide bonds. The van der Waals surface area contributed by atoms with Crippen molar-refractivity contribution in [1.82, 2.24) is 0 Å². The molecule has 94 valence electrons. The third kappa shape index (κ3) is 6.71. The van der Waals surface area contributed by atoms with Gasteiger partial charge in [0.1, 0.15) is 6.04 Å². The van der Waals surface area contributed by atoms with Gasteiger partial charge in [-0.1, -0.05) is 6.08 Å². The highest BCUT2D eigenvalue weighted by atomic mass is 31.2. The van der Waals surface area contributed by atoms with Crippen LogP contribution in [0.4, 0.5) is 0 Å². The van der Waals surface area contributed by atoms with Gasteiger partial charge in [0, 0.05) is 0 Å². The Bertz CT molecular complexity index is 310. The van der Waals surface area contributed by atoms with Crippen molar-refractivity contribution in [2.24, 2.45) is 5.73 Å². The molecule has 0 aliphatic heterocycles. The van der Waals surface area contributed by atoms with Crippen molar-refractivity contribution in [3.8, 4) is 0 Å². The van der Waals surface area contributed by atoms with Crippen LogP contribution in [0.2, 0.25) is 0 Å². The van der Waals surface area contributed by atoms with Crippen molar-refractivity contribution >= 4 is 13.6 Å². The lowest BCUT2D eigenvalue weighted by Gasteiger charge is -2.10. The highest BCUT2D eigenvalue weighted by molar-refractivity contribution is 7.52. The predicted octanol–water partition coefficient (Wildman–Crippen LogP) is -1.03. The molecule has 0 spiro atoms. The molecule has 0 aromatic carbocycles. The maximum atomic E-state index is 11.1. The van der Waals surface area contributed by atoms with E-state index in [2.05, 4.69) is 4.74 Å². The van der Waals surface area contributed by atoms with Crippen molar-refractivity contribution < 1.29 is 29.0 Å². The summed E-state index contributed by atoms with van der Waals surface area (Å²) in [6.45, 7) is 1.20. The molecular formula is C8H16NO6P. The van der Waals surface area contributed by atoms with Crippen molar-refractivity contribution in [2.45, 2.75) is 13.0 Å². The van der Waals surface area contributed by atoms with Gasteiger partial charge in [0.05, 0.1) is 19.4 Å². The van der Waals surface area contributed by atoms with Gasteiger partial charge in [0.15, 0.2) is 0 Å². The molecule has 0 radical (unpaired) electrons. The number of carbonyl (C=O) groups excluding carboxylic acids is 1. The van der Waals surface area contributed by atoms with Crippen LogP contribution in [-0.4, -0.2) is 46.3 Å². The number of nitrogens with two attached hydrogens (primary N) is 1. The topological polar surface area (TPSA) is 130 Å². The Labute approximate surface area is 93.1 Å². The fourth-order valence-corrected chi connectivity index (χ4v) is 1.71. The second-order valence-corrected chi connectivity index (χ2v) is 4.73. The summed E-state index contributed by atoms with van der Waals surface area (Å²) in [6.07, 6.45) is 0.466. The Balaban J connectivity index is 4.57. The molecule has 1 atom stereocenters. The van der Waals surface area contributed by atoms with E-state index in [1.165, 1.54) is 0 Å². The predicted molar refractivity (Wildman–Crippen MR) is 56.7 cm³/mol. The third-order valence-electron chi connectivity index (χ3n) is 1.59. The number of aliphatic hydroxyl groups is 1. The molecule has 16 heavy (non-hydrogen) atoms. The van der Waals surface area contributed by atoms with E-state index in [4.69, 9.17) is 20.6 Å². The molecule has 0 heterocycles. The molecule has 0 aliphatic carbocycles. The van der Waals surface area contributed by atoms with E-state index in [1.54, 1.807) is 6.92 Å². The van der Waals surface area contributed by atoms with Crippen LogP contribution in [-0.2, 0) is 14.1 Å². The second kappa shape index (κ2) is 6.78. The highest BCUT2D eigenvalue weighted by Crippen LogP contribution is 2.36. The van der Waals surface area contributed by atoms with Gasteiger partial charge in [-0.05, 0) is 12.5 Å². The molecule has 0 saturated carbocycles. The molecule has 0 bridgehead atoms. The molecule has 0 aromatic rings. The average molecular weight is 253 g/mol. The van der Waals surface area contributed by atoms with Crippen molar-refractivity contribution in [2.75, 3.05) is 19.4 Å². The van der Waals surface area contributed by atoms with Crippen LogP contribution in [0.5, 0.6) is 0 Å². The summed E-state index contributed by atoms with van der Waals surface area (Å²) in [5.74, 6) is -0.709. The van der Waals surface area contributed by atoms with Crippen molar-refractivity contribution in [1.29, 1.82) is 0 Å². The monoisotopic (exact) mass is 253 g/mol. The summed E-state index contributed by atoms with van der Waals surface area (Å²) in [7, 11) is -4.28. The van der Waals surface area contributed by atoms with Gasteiger partial charge in [0.2, 0.25) is 0 Å². The molecule has 1 unspecified atom stereocenters. The van der Waals surface area contributed by atoms with Crippen molar-refractivity contribution in [3.63, 3.8) is 0 Å². The third-order valence-corrected chi connectivity index (χ3v) is 2.40. The summed E-state index contributed by atoms with van der Waals surface area (Å²) in [6, 6.07) is -1.13. The van der Waals surface area contributed by atoms with Crippen LogP contribution < -0.4 is 5.73 Å². The maximum Gasteiger partial charge on any atom is 0.329 e. The van der Waals surface area contributed by atoms with Crippen LogP contribution in [0.3, 0.4) is 0 Å². The van der Waals surface area contributed by atoms with Gasteiger partial charge < -0.3 is 25.4 Å². The van der Waals surface area contributed by atoms with Crippen LogP contribution in [0.25, 0.3) is 0 Å². The van der Waals surface area contributed by atoms with E-state index in [0.717, 1.165) is 6.08 Å². The second-order valence-electron chi connectivity index (χ2n) is 3.08. The first-order valence-corrected chi connectivity index (χ1v) is 6.37. The van der Waals surface area contributed by atoms with Gasteiger partial charge in [-0.25, -0.2) is 0 Å². The molecule has 0 fully saturated rings. The number of esters is 1. The minimum absolute atomic E-state index is 0.00823. The van der Waals surface area contributed by atoms with Gasteiger partial charge in [-0.2, -0.15) is 0 Å². The first-order valence-electron chi connectivity index (χ1n) is 4.57. The molecule has 0 saturated heterocycles. The summed E-state index contributed by atoms with van der Waals surface area (Å²) in [5.41, 5.74) is 5.39. The number of hydrogen-bond acceptors (Lipinski definition) is 5. The number of carbonyl (C=O) groups is 1. The van der Waals surface area contributed by atoms with E-state index in [9.17, 15) is 9.36 Å².